The number of fused-ring (bicyclic) bond motifs is 2. The van der Waals surface area contributed by atoms with Gasteiger partial charge in [-0.3, -0.25) is 4.31 Å². The highest BCUT2D eigenvalue weighted by Gasteiger charge is 2.30. The normalized spacial score (nSPS) is 13.9. The van der Waals surface area contributed by atoms with Gasteiger partial charge >= 0.3 is 0 Å². The molecular formula is C20H14N4O2S4. The molecule has 0 fully saturated rings. The Morgan fingerprint density at radius 3 is 2.83 bits per heavy atom. The fraction of sp³-hybridized carbons (Fsp3) is 0.150. The van der Waals surface area contributed by atoms with Gasteiger partial charge in [0.25, 0.3) is 10.0 Å². The summed E-state index contributed by atoms with van der Waals surface area (Å²) < 4.78 is 29.4. The van der Waals surface area contributed by atoms with E-state index < -0.39 is 10.0 Å². The van der Waals surface area contributed by atoms with Crippen LogP contribution in [0.5, 0.6) is 0 Å². The molecule has 0 atom stereocenters. The molecule has 3 heterocycles. The highest BCUT2D eigenvalue weighted by atomic mass is 32.2. The summed E-state index contributed by atoms with van der Waals surface area (Å²) in [5.74, 6) is 0.684. The van der Waals surface area contributed by atoms with Crippen molar-refractivity contribution in [3.63, 3.8) is 0 Å². The summed E-state index contributed by atoms with van der Waals surface area (Å²) in [6, 6.07) is 12.9. The van der Waals surface area contributed by atoms with Crippen LogP contribution in [0.15, 0.2) is 52.4 Å². The van der Waals surface area contributed by atoms with Crippen LogP contribution in [0.1, 0.15) is 9.88 Å². The quantitative estimate of drug-likeness (QED) is 0.423. The molecule has 0 amide bonds. The molecule has 0 radical (unpaired) electrons. The first-order valence-corrected chi connectivity index (χ1v) is 13.0. The van der Waals surface area contributed by atoms with Gasteiger partial charge in [0, 0.05) is 22.8 Å². The van der Waals surface area contributed by atoms with Gasteiger partial charge in [-0.15, -0.1) is 34.4 Å². The standard InChI is InChI=1S/C20H14N4O2S4/c1-12-23-16-4-3-15(9-19(16)28-12)30(25,26)24-6-7-27-18-5-2-13(8-17(18)24)20-22-11-14(10-21)29-20/h2-5,8-9,11H,6-7H2,1H3. The largest absolute Gasteiger partial charge is 0.264 e. The molecule has 0 spiro atoms. The van der Waals surface area contributed by atoms with Crippen molar-refractivity contribution in [3.05, 3.63) is 52.5 Å². The SMILES string of the molecule is Cc1nc2ccc(S(=O)(=O)N3CCSc4ccc(-c5ncc(C#N)s5)cc43)cc2s1. The molecule has 6 nitrogen and oxygen atoms in total. The molecule has 0 saturated carbocycles. The number of thiazole rings is 2. The zero-order valence-electron chi connectivity index (χ0n) is 15.7. The first-order chi connectivity index (χ1) is 14.5. The van der Waals surface area contributed by atoms with Crippen LogP contribution in [0, 0.1) is 18.3 Å². The second-order valence-corrected chi connectivity index (χ2v) is 11.9. The third-order valence-electron chi connectivity index (χ3n) is 4.70. The topological polar surface area (TPSA) is 87.0 Å². The molecule has 30 heavy (non-hydrogen) atoms. The van der Waals surface area contributed by atoms with Crippen LogP contribution in [-0.4, -0.2) is 30.7 Å². The lowest BCUT2D eigenvalue weighted by atomic mass is 10.2. The number of sulfonamides is 1. The maximum absolute atomic E-state index is 13.5. The summed E-state index contributed by atoms with van der Waals surface area (Å²) in [5.41, 5.74) is 2.26. The summed E-state index contributed by atoms with van der Waals surface area (Å²) in [7, 11) is -3.73. The summed E-state index contributed by atoms with van der Waals surface area (Å²) in [6.45, 7) is 2.30. The van der Waals surface area contributed by atoms with E-state index in [1.165, 1.54) is 33.2 Å². The summed E-state index contributed by atoms with van der Waals surface area (Å²) >= 11 is 4.42. The van der Waals surface area contributed by atoms with Crippen LogP contribution in [0.2, 0.25) is 0 Å². The molecule has 10 heteroatoms. The fourth-order valence-corrected chi connectivity index (χ4v) is 7.64. The molecule has 0 N–H and O–H groups in total. The van der Waals surface area contributed by atoms with Crippen molar-refractivity contribution in [2.24, 2.45) is 0 Å². The number of hydrogen-bond donors (Lipinski definition) is 0. The van der Waals surface area contributed by atoms with Gasteiger partial charge in [-0.25, -0.2) is 18.4 Å². The monoisotopic (exact) mass is 470 g/mol. The fourth-order valence-electron chi connectivity index (χ4n) is 3.34. The van der Waals surface area contributed by atoms with E-state index in [0.717, 1.165) is 25.7 Å². The minimum absolute atomic E-state index is 0.267. The van der Waals surface area contributed by atoms with Crippen LogP contribution >= 0.6 is 34.4 Å². The molecule has 0 bridgehead atoms. The van der Waals surface area contributed by atoms with E-state index in [9.17, 15) is 8.42 Å². The summed E-state index contributed by atoms with van der Waals surface area (Å²) in [4.78, 5) is 10.4. The third kappa shape index (κ3) is 3.28. The third-order valence-corrected chi connectivity index (χ3v) is 9.43. The van der Waals surface area contributed by atoms with E-state index in [2.05, 4.69) is 16.0 Å². The Bertz CT molecular complexity index is 1430. The number of nitrogens with zero attached hydrogens (tertiary/aromatic N) is 4. The number of thioether (sulfide) groups is 1. The Kier molecular flexibility index (Phi) is 4.78. The van der Waals surface area contributed by atoms with Crippen LogP contribution < -0.4 is 4.31 Å². The molecule has 5 rings (SSSR count). The average Bonchev–Trinajstić information content (AvgIpc) is 3.37. The number of benzene rings is 2. The van der Waals surface area contributed by atoms with Crippen molar-refractivity contribution in [1.82, 2.24) is 9.97 Å². The predicted octanol–water partition coefficient (Wildman–Crippen LogP) is 4.90. The zero-order valence-corrected chi connectivity index (χ0v) is 19.0. The minimum Gasteiger partial charge on any atom is -0.264 e. The van der Waals surface area contributed by atoms with Crippen molar-refractivity contribution in [1.29, 1.82) is 5.26 Å². The van der Waals surface area contributed by atoms with Gasteiger partial charge in [0.1, 0.15) is 16.0 Å². The van der Waals surface area contributed by atoms with Crippen LogP contribution in [0.25, 0.3) is 20.8 Å². The maximum Gasteiger partial charge on any atom is 0.264 e. The molecule has 0 saturated heterocycles. The lowest BCUT2D eigenvalue weighted by Crippen LogP contribution is -2.35. The van der Waals surface area contributed by atoms with E-state index in [-0.39, 0.29) is 4.90 Å². The van der Waals surface area contributed by atoms with Crippen molar-refractivity contribution < 1.29 is 8.42 Å². The Balaban J connectivity index is 1.60. The molecule has 1 aliphatic rings. The molecule has 1 aliphatic heterocycles. The van der Waals surface area contributed by atoms with E-state index >= 15 is 0 Å². The Labute approximate surface area is 185 Å². The predicted molar refractivity (Wildman–Crippen MR) is 122 cm³/mol. The molecule has 2 aromatic heterocycles. The van der Waals surface area contributed by atoms with Crippen molar-refractivity contribution in [2.75, 3.05) is 16.6 Å². The molecule has 2 aromatic carbocycles. The molecule has 0 aliphatic carbocycles. The van der Waals surface area contributed by atoms with Gasteiger partial charge in [-0.1, -0.05) is 6.07 Å². The van der Waals surface area contributed by atoms with E-state index in [1.807, 2.05) is 25.1 Å². The van der Waals surface area contributed by atoms with Crippen LogP contribution in [-0.2, 0) is 10.0 Å². The van der Waals surface area contributed by atoms with Gasteiger partial charge in [0.05, 0.1) is 32.0 Å². The maximum atomic E-state index is 13.5. The lowest BCUT2D eigenvalue weighted by molar-refractivity contribution is 0.591. The number of aryl methyl sites for hydroxylation is 1. The number of aromatic nitrogens is 2. The highest BCUT2D eigenvalue weighted by molar-refractivity contribution is 8.00. The molecule has 150 valence electrons. The molecular weight excluding hydrogens is 457 g/mol. The van der Waals surface area contributed by atoms with E-state index in [1.54, 1.807) is 30.0 Å². The number of nitriles is 1. The van der Waals surface area contributed by atoms with E-state index in [4.69, 9.17) is 5.26 Å². The van der Waals surface area contributed by atoms with Gasteiger partial charge in [-0.05, 0) is 37.3 Å². The second-order valence-electron chi connectivity index (χ2n) is 6.61. The summed E-state index contributed by atoms with van der Waals surface area (Å²) in [6.07, 6.45) is 1.54. The molecule has 4 aromatic rings. The van der Waals surface area contributed by atoms with Crippen LogP contribution in [0.3, 0.4) is 0 Å². The smallest absolute Gasteiger partial charge is 0.264 e. The zero-order chi connectivity index (χ0) is 20.9. The summed E-state index contributed by atoms with van der Waals surface area (Å²) in [5, 5.41) is 10.7. The lowest BCUT2D eigenvalue weighted by Gasteiger charge is -2.30. The minimum atomic E-state index is -3.73. The highest BCUT2D eigenvalue weighted by Crippen LogP contribution is 2.41. The Hall–Kier alpha value is -2.45. The van der Waals surface area contributed by atoms with Crippen molar-refractivity contribution in [3.8, 4) is 16.6 Å². The van der Waals surface area contributed by atoms with Gasteiger partial charge in [-0.2, -0.15) is 5.26 Å². The number of rotatable bonds is 3. The first-order valence-electron chi connectivity index (χ1n) is 8.99. The second kappa shape index (κ2) is 7.35. The Morgan fingerprint density at radius 2 is 2.03 bits per heavy atom. The van der Waals surface area contributed by atoms with Gasteiger partial charge < -0.3 is 0 Å². The van der Waals surface area contributed by atoms with E-state index in [0.29, 0.717) is 27.9 Å². The van der Waals surface area contributed by atoms with Crippen molar-refractivity contribution >= 4 is 60.4 Å². The van der Waals surface area contributed by atoms with Crippen LogP contribution in [0.4, 0.5) is 5.69 Å². The number of anilines is 1. The van der Waals surface area contributed by atoms with Crippen molar-refractivity contribution in [2.45, 2.75) is 16.7 Å². The average molecular weight is 471 g/mol. The van der Waals surface area contributed by atoms with Gasteiger partial charge in [0.2, 0.25) is 0 Å². The first kappa shape index (κ1) is 19.5. The molecule has 0 unspecified atom stereocenters. The van der Waals surface area contributed by atoms with Gasteiger partial charge in [0.15, 0.2) is 0 Å². The number of hydrogen-bond acceptors (Lipinski definition) is 8. The Morgan fingerprint density at radius 1 is 1.17 bits per heavy atom.